The molecule has 3 nitrogen and oxygen atoms in total. The Morgan fingerprint density at radius 1 is 1.10 bits per heavy atom. The van der Waals surface area contributed by atoms with Crippen LogP contribution in [-0.4, -0.2) is 0 Å². The van der Waals surface area contributed by atoms with Crippen molar-refractivity contribution in [3.05, 3.63) is 41.9 Å². The molecule has 0 bridgehead atoms. The van der Waals surface area contributed by atoms with E-state index in [-0.39, 0.29) is 0 Å². The number of benzene rings is 1. The van der Waals surface area contributed by atoms with Gasteiger partial charge in [0.15, 0.2) is 4.98 Å². The summed E-state index contributed by atoms with van der Waals surface area (Å²) in [4.78, 5) is 2.97. The van der Waals surface area contributed by atoms with Crippen molar-refractivity contribution in [2.75, 3.05) is 0 Å². The average molecular weight is 131 g/mol. The highest BCUT2D eigenvalue weighted by atomic mass is 14.8. The first-order chi connectivity index (χ1) is 4.93. The quantitative estimate of drug-likeness (QED) is 0.400. The lowest BCUT2D eigenvalue weighted by Gasteiger charge is -1.69. The molecule has 0 heterocycles. The topological polar surface area (TPSA) is 51.9 Å². The first-order valence-corrected chi connectivity index (χ1v) is 2.56. The molecule has 10 heavy (non-hydrogen) atoms. The van der Waals surface area contributed by atoms with Crippen molar-refractivity contribution in [1.82, 2.24) is 0 Å². The van der Waals surface area contributed by atoms with Crippen LogP contribution >= 0.6 is 0 Å². The van der Waals surface area contributed by atoms with Crippen molar-refractivity contribution in [3.8, 4) is 0 Å². The second kappa shape index (κ2) is 5.27. The van der Waals surface area contributed by atoms with E-state index in [1.807, 2.05) is 18.2 Å². The minimum atomic E-state index is 0.590. The van der Waals surface area contributed by atoms with Crippen LogP contribution in [0.4, 0.5) is 5.69 Å². The Kier molecular flexibility index (Phi) is 4.28. The molecule has 0 aliphatic rings. The zero-order valence-corrected chi connectivity index (χ0v) is 5.23. The van der Waals surface area contributed by atoms with E-state index in [0.717, 1.165) is 0 Å². The standard InChI is InChI=1S/C6H5N2.CN/c7-8-6-4-2-1-3-5-6;1-2/h1-5H;/q+1;-1. The van der Waals surface area contributed by atoms with Gasteiger partial charge in [-0.25, -0.2) is 0 Å². The number of hydrogen-bond acceptors (Lipinski definition) is 2. The van der Waals surface area contributed by atoms with Crippen molar-refractivity contribution in [2.24, 2.45) is 0 Å². The predicted octanol–water partition coefficient (Wildman–Crippen LogP) is 2.27. The predicted molar refractivity (Wildman–Crippen MR) is 36.2 cm³/mol. The van der Waals surface area contributed by atoms with Crippen LogP contribution in [-0.2, 0) is 0 Å². The summed E-state index contributed by atoms with van der Waals surface area (Å²) in [6, 6.07) is 8.94. The number of diazo groups is 1. The number of hydrogen-bond donors (Lipinski definition) is 0. The monoisotopic (exact) mass is 131 g/mol. The number of rotatable bonds is 0. The van der Waals surface area contributed by atoms with Crippen LogP contribution in [0, 0.1) is 17.2 Å². The van der Waals surface area contributed by atoms with Crippen LogP contribution in [0.25, 0.3) is 4.98 Å². The molecule has 0 amide bonds. The smallest absolute Gasteiger partial charge is 0.385 e. The van der Waals surface area contributed by atoms with Gasteiger partial charge in [-0.1, -0.05) is 18.2 Å². The van der Waals surface area contributed by atoms with Gasteiger partial charge in [0.05, 0.1) is 0 Å². The fraction of sp³-hybridized carbons (Fsp3) is 0. The van der Waals surface area contributed by atoms with Gasteiger partial charge in [0.1, 0.15) is 0 Å². The van der Waals surface area contributed by atoms with E-state index < -0.39 is 0 Å². The maximum absolute atomic E-state index is 8.16. The van der Waals surface area contributed by atoms with Crippen molar-refractivity contribution < 1.29 is 0 Å². The van der Waals surface area contributed by atoms with Crippen molar-refractivity contribution >= 4 is 5.69 Å². The summed E-state index contributed by atoms with van der Waals surface area (Å²) in [6.45, 7) is 4.75. The summed E-state index contributed by atoms with van der Waals surface area (Å²) in [5.41, 5.74) is 0.590. The molecule has 1 rings (SSSR count). The second-order valence-electron chi connectivity index (χ2n) is 1.44. The maximum atomic E-state index is 8.16. The zero-order valence-electron chi connectivity index (χ0n) is 5.23. The molecule has 1 aromatic rings. The molecular formula is C7H5N3. The van der Waals surface area contributed by atoms with Gasteiger partial charge in [-0.3, -0.25) is 0 Å². The molecular weight excluding hydrogens is 126 g/mol. The zero-order chi connectivity index (χ0) is 7.82. The maximum Gasteiger partial charge on any atom is 0.385 e. The Balaban J connectivity index is 0.000000371. The van der Waals surface area contributed by atoms with E-state index in [9.17, 15) is 0 Å². The van der Waals surface area contributed by atoms with Crippen molar-refractivity contribution in [1.29, 1.82) is 10.7 Å². The lowest BCUT2D eigenvalue weighted by molar-refractivity contribution is 1.46. The second-order valence-corrected chi connectivity index (χ2v) is 1.44. The average Bonchev–Trinajstić information content (AvgIpc) is 2.10. The first-order valence-electron chi connectivity index (χ1n) is 2.56. The normalized spacial score (nSPS) is 6.50. The summed E-state index contributed by atoms with van der Waals surface area (Å²) < 4.78 is 0. The third-order valence-corrected chi connectivity index (χ3v) is 0.872. The van der Waals surface area contributed by atoms with Gasteiger partial charge < -0.3 is 11.8 Å². The Morgan fingerprint density at radius 3 is 1.90 bits per heavy atom. The summed E-state index contributed by atoms with van der Waals surface area (Å²) in [5.74, 6) is 0. The third-order valence-electron chi connectivity index (χ3n) is 0.872. The molecule has 0 spiro atoms. The summed E-state index contributed by atoms with van der Waals surface area (Å²) in [7, 11) is 0. The van der Waals surface area contributed by atoms with Gasteiger partial charge >= 0.3 is 5.69 Å². The molecule has 48 valence electrons. The Morgan fingerprint density at radius 2 is 1.60 bits per heavy atom. The van der Waals surface area contributed by atoms with E-state index in [4.69, 9.17) is 17.2 Å². The Bertz CT molecular complexity index is 232. The molecule has 0 aromatic heterocycles. The number of nitrogens with zero attached hydrogens (tertiary/aromatic N) is 3. The van der Waals surface area contributed by atoms with Crippen LogP contribution < -0.4 is 0 Å². The molecule has 0 aliphatic carbocycles. The minimum Gasteiger partial charge on any atom is -0.512 e. The lowest BCUT2D eigenvalue weighted by Crippen LogP contribution is -1.54. The molecule has 0 unspecified atom stereocenters. The third kappa shape index (κ3) is 2.44. The largest absolute Gasteiger partial charge is 0.512 e. The molecule has 0 fully saturated rings. The molecule has 0 N–H and O–H groups in total. The van der Waals surface area contributed by atoms with Crippen molar-refractivity contribution in [2.45, 2.75) is 0 Å². The first kappa shape index (κ1) is 8.13. The molecule has 0 saturated carbocycles. The summed E-state index contributed by atoms with van der Waals surface area (Å²) in [5, 5.41) is 14.4. The van der Waals surface area contributed by atoms with Gasteiger partial charge in [0.25, 0.3) is 0 Å². The van der Waals surface area contributed by atoms with E-state index in [2.05, 4.69) is 4.98 Å². The molecule has 0 aliphatic heterocycles. The van der Waals surface area contributed by atoms with Gasteiger partial charge in [-0.05, 0) is 0 Å². The molecule has 0 atom stereocenters. The highest BCUT2D eigenvalue weighted by molar-refractivity contribution is 5.42. The van der Waals surface area contributed by atoms with Crippen LogP contribution in [0.2, 0.25) is 0 Å². The highest BCUT2D eigenvalue weighted by Gasteiger charge is 1.95. The molecule has 1 aromatic carbocycles. The Labute approximate surface area is 59.2 Å². The van der Waals surface area contributed by atoms with Crippen LogP contribution in [0.5, 0.6) is 0 Å². The van der Waals surface area contributed by atoms with Gasteiger partial charge in [-0.15, -0.1) is 0 Å². The fourth-order valence-electron chi connectivity index (χ4n) is 0.495. The highest BCUT2D eigenvalue weighted by Crippen LogP contribution is 2.07. The van der Waals surface area contributed by atoms with Gasteiger partial charge in [-0.2, -0.15) is 0 Å². The lowest BCUT2D eigenvalue weighted by atomic mass is 10.3. The van der Waals surface area contributed by atoms with E-state index in [0.29, 0.717) is 5.69 Å². The van der Waals surface area contributed by atoms with Gasteiger partial charge in [0.2, 0.25) is 5.39 Å². The molecule has 0 radical (unpaired) electrons. The van der Waals surface area contributed by atoms with E-state index in [1.54, 1.807) is 12.1 Å². The van der Waals surface area contributed by atoms with E-state index >= 15 is 0 Å². The summed E-state index contributed by atoms with van der Waals surface area (Å²) in [6.07, 6.45) is 0. The van der Waals surface area contributed by atoms with Crippen LogP contribution in [0.3, 0.4) is 0 Å². The SMILES string of the molecule is N#[N+]c1ccccc1.[C-]#N. The van der Waals surface area contributed by atoms with Gasteiger partial charge in [0, 0.05) is 12.1 Å². The molecule has 0 saturated heterocycles. The van der Waals surface area contributed by atoms with Crippen LogP contribution in [0.15, 0.2) is 30.3 Å². The minimum absolute atomic E-state index is 0.590. The summed E-state index contributed by atoms with van der Waals surface area (Å²) >= 11 is 0. The fourth-order valence-corrected chi connectivity index (χ4v) is 0.495. The molecule has 3 heteroatoms. The van der Waals surface area contributed by atoms with Crippen LogP contribution in [0.1, 0.15) is 0 Å². The van der Waals surface area contributed by atoms with E-state index in [1.165, 1.54) is 0 Å². The van der Waals surface area contributed by atoms with Crippen molar-refractivity contribution in [3.63, 3.8) is 0 Å². The Hall–Kier alpha value is -1.87.